The molecule has 1 heterocycles. The first kappa shape index (κ1) is 25.0. The number of carbonyl (C=O) groups is 1. The van der Waals surface area contributed by atoms with Crippen molar-refractivity contribution in [3.8, 4) is 11.5 Å². The number of ether oxygens (including phenoxy) is 2. The standard InChI is InChI=1S/C28H29F3O3Si/c1-2-18-35(26-6-4-3-5-7-26)19-16-22(17-20-35)21-8-10-23(11-9-21)27(32)33-24-12-14-25(15-13-24)34-28(29,30)31/h3-15,22H,2,16-20H2,1H3. The summed E-state index contributed by atoms with van der Waals surface area (Å²) in [5.74, 6) is -0.281. The van der Waals surface area contributed by atoms with Gasteiger partial charge < -0.3 is 9.47 Å². The van der Waals surface area contributed by atoms with E-state index in [9.17, 15) is 18.0 Å². The first-order chi connectivity index (χ1) is 16.8. The van der Waals surface area contributed by atoms with Crippen molar-refractivity contribution >= 4 is 19.2 Å². The first-order valence-corrected chi connectivity index (χ1v) is 14.6. The van der Waals surface area contributed by atoms with Gasteiger partial charge in [0.1, 0.15) is 11.5 Å². The van der Waals surface area contributed by atoms with E-state index in [1.165, 1.54) is 42.2 Å². The molecule has 0 atom stereocenters. The number of hydrogen-bond acceptors (Lipinski definition) is 3. The second-order valence-corrected chi connectivity index (χ2v) is 13.8. The van der Waals surface area contributed by atoms with Crippen LogP contribution in [-0.4, -0.2) is 20.4 Å². The molecule has 0 unspecified atom stereocenters. The zero-order valence-corrected chi connectivity index (χ0v) is 20.7. The number of halogens is 3. The Labute approximate surface area is 204 Å². The second-order valence-electron chi connectivity index (χ2n) is 9.20. The van der Waals surface area contributed by atoms with Gasteiger partial charge in [0.2, 0.25) is 0 Å². The molecule has 0 N–H and O–H groups in total. The predicted molar refractivity (Wildman–Crippen MR) is 133 cm³/mol. The van der Waals surface area contributed by atoms with Crippen molar-refractivity contribution in [2.45, 2.75) is 56.6 Å². The molecule has 1 saturated heterocycles. The summed E-state index contributed by atoms with van der Waals surface area (Å²) in [5.41, 5.74) is 1.64. The van der Waals surface area contributed by atoms with Gasteiger partial charge in [-0.05, 0) is 60.7 Å². The molecule has 0 saturated carbocycles. The fourth-order valence-corrected chi connectivity index (χ4v) is 10.5. The SMILES string of the molecule is CCC[Si]1(c2ccccc2)CCC(c2ccc(C(=O)Oc3ccc(OC(F)(F)F)cc3)cc2)CC1. The van der Waals surface area contributed by atoms with E-state index in [1.807, 2.05) is 12.1 Å². The number of alkyl halides is 3. The molecule has 0 aromatic heterocycles. The van der Waals surface area contributed by atoms with Gasteiger partial charge in [0.05, 0.1) is 13.6 Å². The third kappa shape index (κ3) is 6.34. The van der Waals surface area contributed by atoms with Gasteiger partial charge in [-0.2, -0.15) is 0 Å². The molecule has 3 aromatic rings. The van der Waals surface area contributed by atoms with Crippen molar-refractivity contribution in [2.24, 2.45) is 0 Å². The molecule has 184 valence electrons. The van der Waals surface area contributed by atoms with Gasteiger partial charge in [-0.3, -0.25) is 0 Å². The van der Waals surface area contributed by atoms with Crippen molar-refractivity contribution in [2.75, 3.05) is 0 Å². The maximum absolute atomic E-state index is 12.5. The Kier molecular flexibility index (Phi) is 7.65. The second kappa shape index (κ2) is 10.7. The highest BCUT2D eigenvalue weighted by atomic mass is 28.3. The molecule has 0 radical (unpaired) electrons. The Morgan fingerprint density at radius 2 is 1.49 bits per heavy atom. The van der Waals surface area contributed by atoms with Crippen LogP contribution in [0.4, 0.5) is 13.2 Å². The van der Waals surface area contributed by atoms with Crippen molar-refractivity contribution < 1.29 is 27.4 Å². The molecule has 7 heteroatoms. The van der Waals surface area contributed by atoms with Crippen LogP contribution in [0.1, 0.15) is 48.0 Å². The van der Waals surface area contributed by atoms with E-state index >= 15 is 0 Å². The van der Waals surface area contributed by atoms with Gasteiger partial charge in [0.25, 0.3) is 0 Å². The molecule has 0 aliphatic carbocycles. The molecule has 1 aliphatic heterocycles. The van der Waals surface area contributed by atoms with Crippen molar-refractivity contribution in [1.82, 2.24) is 0 Å². The Hall–Kier alpha value is -3.06. The van der Waals surface area contributed by atoms with E-state index in [4.69, 9.17) is 4.74 Å². The average Bonchev–Trinajstić information content (AvgIpc) is 2.86. The molecule has 4 rings (SSSR count). The molecule has 1 aliphatic rings. The normalized spacial score (nSPS) is 20.3. The lowest BCUT2D eigenvalue weighted by atomic mass is 9.93. The minimum absolute atomic E-state index is 0.152. The maximum Gasteiger partial charge on any atom is 0.573 e. The van der Waals surface area contributed by atoms with Gasteiger partial charge >= 0.3 is 12.3 Å². The summed E-state index contributed by atoms with van der Waals surface area (Å²) in [7, 11) is -1.47. The molecule has 3 aromatic carbocycles. The summed E-state index contributed by atoms with van der Waals surface area (Å²) < 4.78 is 46.0. The Morgan fingerprint density at radius 3 is 2.06 bits per heavy atom. The minimum atomic E-state index is -4.76. The third-order valence-electron chi connectivity index (χ3n) is 6.94. The number of carbonyl (C=O) groups excluding carboxylic acids is 1. The fourth-order valence-electron chi connectivity index (χ4n) is 5.22. The molecule has 0 amide bonds. The lowest BCUT2D eigenvalue weighted by molar-refractivity contribution is -0.274. The summed E-state index contributed by atoms with van der Waals surface area (Å²) in [5, 5.41) is 1.58. The summed E-state index contributed by atoms with van der Waals surface area (Å²) in [6, 6.07) is 27.2. The highest BCUT2D eigenvalue weighted by molar-refractivity contribution is 6.92. The molecule has 35 heavy (non-hydrogen) atoms. The van der Waals surface area contributed by atoms with Crippen LogP contribution >= 0.6 is 0 Å². The van der Waals surface area contributed by atoms with Crippen molar-refractivity contribution in [1.29, 1.82) is 0 Å². The molecular formula is C28H29F3O3Si. The smallest absolute Gasteiger partial charge is 0.423 e. The molecule has 0 bridgehead atoms. The van der Waals surface area contributed by atoms with Crippen LogP contribution in [0.15, 0.2) is 78.9 Å². The van der Waals surface area contributed by atoms with Gasteiger partial charge in [-0.15, -0.1) is 13.2 Å². The van der Waals surface area contributed by atoms with E-state index in [0.29, 0.717) is 11.5 Å². The van der Waals surface area contributed by atoms with Crippen LogP contribution in [0.3, 0.4) is 0 Å². The molecule has 1 fully saturated rings. The van der Waals surface area contributed by atoms with Gasteiger partial charge in [0.15, 0.2) is 0 Å². The van der Waals surface area contributed by atoms with Crippen molar-refractivity contribution in [3.63, 3.8) is 0 Å². The van der Waals surface area contributed by atoms with Crippen LogP contribution in [0.5, 0.6) is 11.5 Å². The van der Waals surface area contributed by atoms with Crippen LogP contribution in [-0.2, 0) is 0 Å². The van der Waals surface area contributed by atoms with E-state index in [1.54, 1.807) is 17.3 Å². The van der Waals surface area contributed by atoms with Crippen LogP contribution in [0.2, 0.25) is 18.1 Å². The van der Waals surface area contributed by atoms with Gasteiger partial charge in [0, 0.05) is 0 Å². The summed E-state index contributed by atoms with van der Waals surface area (Å²) in [6.45, 7) is 2.28. The number of benzene rings is 3. The Balaban J connectivity index is 1.36. The zero-order chi connectivity index (χ0) is 24.9. The average molecular weight is 499 g/mol. The quantitative estimate of drug-likeness (QED) is 0.193. The van der Waals surface area contributed by atoms with Crippen LogP contribution in [0.25, 0.3) is 0 Å². The number of hydrogen-bond donors (Lipinski definition) is 0. The first-order valence-electron chi connectivity index (χ1n) is 12.0. The lowest BCUT2D eigenvalue weighted by Crippen LogP contribution is -2.49. The number of esters is 1. The number of rotatable bonds is 7. The van der Waals surface area contributed by atoms with Gasteiger partial charge in [-0.1, -0.05) is 79.1 Å². The highest BCUT2D eigenvalue weighted by Gasteiger charge is 2.38. The summed E-state index contributed by atoms with van der Waals surface area (Å²) in [6.07, 6.45) is -1.21. The molecule has 0 spiro atoms. The van der Waals surface area contributed by atoms with E-state index in [2.05, 4.69) is 42.0 Å². The largest absolute Gasteiger partial charge is 0.573 e. The van der Waals surface area contributed by atoms with E-state index in [-0.39, 0.29) is 11.5 Å². The monoisotopic (exact) mass is 498 g/mol. The third-order valence-corrected chi connectivity index (χ3v) is 12.4. The predicted octanol–water partition coefficient (Wildman–Crippen LogP) is 7.45. The van der Waals surface area contributed by atoms with E-state index in [0.717, 1.165) is 25.0 Å². The minimum Gasteiger partial charge on any atom is -0.423 e. The maximum atomic E-state index is 12.5. The van der Waals surface area contributed by atoms with Gasteiger partial charge in [-0.25, -0.2) is 4.79 Å². The Bertz CT molecular complexity index is 1100. The summed E-state index contributed by atoms with van der Waals surface area (Å²) in [4.78, 5) is 12.5. The fraction of sp³-hybridized carbons (Fsp3) is 0.321. The van der Waals surface area contributed by atoms with E-state index < -0.39 is 20.4 Å². The molecular weight excluding hydrogens is 469 g/mol. The topological polar surface area (TPSA) is 35.5 Å². The van der Waals surface area contributed by atoms with Crippen molar-refractivity contribution in [3.05, 3.63) is 90.0 Å². The van der Waals surface area contributed by atoms with Crippen LogP contribution in [0, 0.1) is 0 Å². The lowest BCUT2D eigenvalue weighted by Gasteiger charge is -2.39. The zero-order valence-electron chi connectivity index (χ0n) is 19.7. The Morgan fingerprint density at radius 1 is 0.886 bits per heavy atom. The van der Waals surface area contributed by atoms with Crippen LogP contribution < -0.4 is 14.7 Å². The highest BCUT2D eigenvalue weighted by Crippen LogP contribution is 2.40. The molecule has 3 nitrogen and oxygen atoms in total. The summed E-state index contributed by atoms with van der Waals surface area (Å²) >= 11 is 0.